The van der Waals surface area contributed by atoms with E-state index < -0.39 is 12.6 Å². The Hall–Kier alpha value is -1.14. The lowest BCUT2D eigenvalue weighted by Crippen LogP contribution is -2.38. The quantitative estimate of drug-likeness (QED) is 0.620. The van der Waals surface area contributed by atoms with Crippen LogP contribution in [0.1, 0.15) is 51.4 Å². The standard InChI is InChI=1S/C17H27NO5/c19-15(10-3-1-2-4-10)6-5-11-7-12-13(17(11)22)8-14(12)18-23-9-16(20)21/h10-13,15,17,19,22H,1-9H2,(H,20,21)/b18-14-. The van der Waals surface area contributed by atoms with Gasteiger partial charge in [-0.15, -0.1) is 0 Å². The number of aliphatic hydroxyl groups excluding tert-OH is 2. The van der Waals surface area contributed by atoms with Crippen LogP contribution in [0, 0.1) is 23.7 Å². The zero-order valence-corrected chi connectivity index (χ0v) is 13.4. The number of fused-ring (bicyclic) bond motifs is 1. The van der Waals surface area contributed by atoms with Gasteiger partial charge in [-0.05, 0) is 56.3 Å². The predicted octanol–water partition coefficient (Wildman–Crippen LogP) is 1.79. The minimum absolute atomic E-state index is 0.216. The first-order valence-electron chi connectivity index (χ1n) is 8.83. The highest BCUT2D eigenvalue weighted by Gasteiger charge is 2.51. The summed E-state index contributed by atoms with van der Waals surface area (Å²) < 4.78 is 0. The molecule has 0 aromatic heterocycles. The number of hydrogen-bond acceptors (Lipinski definition) is 5. The van der Waals surface area contributed by atoms with Gasteiger partial charge in [-0.3, -0.25) is 0 Å². The van der Waals surface area contributed by atoms with Crippen molar-refractivity contribution in [3.63, 3.8) is 0 Å². The number of aliphatic carboxylic acids is 1. The number of nitrogens with zero attached hydrogens (tertiary/aromatic N) is 1. The van der Waals surface area contributed by atoms with E-state index in [9.17, 15) is 15.0 Å². The van der Waals surface area contributed by atoms with E-state index in [1.807, 2.05) is 0 Å². The van der Waals surface area contributed by atoms with Gasteiger partial charge < -0.3 is 20.2 Å². The van der Waals surface area contributed by atoms with E-state index in [0.717, 1.165) is 37.8 Å². The first-order valence-corrected chi connectivity index (χ1v) is 8.83. The zero-order valence-electron chi connectivity index (χ0n) is 13.4. The second-order valence-electron chi connectivity index (χ2n) is 7.40. The van der Waals surface area contributed by atoms with Crippen molar-refractivity contribution < 1.29 is 25.0 Å². The highest BCUT2D eigenvalue weighted by Crippen LogP contribution is 2.49. The number of rotatable bonds is 7. The smallest absolute Gasteiger partial charge is 0.344 e. The Morgan fingerprint density at radius 1 is 1.35 bits per heavy atom. The van der Waals surface area contributed by atoms with Crippen molar-refractivity contribution in [2.75, 3.05) is 6.61 Å². The predicted molar refractivity (Wildman–Crippen MR) is 83.9 cm³/mol. The fraction of sp³-hybridized carbons (Fsp3) is 0.882. The average Bonchev–Trinajstić information content (AvgIpc) is 3.10. The molecular formula is C17H27NO5. The molecule has 5 unspecified atom stereocenters. The molecule has 0 aromatic carbocycles. The summed E-state index contributed by atoms with van der Waals surface area (Å²) in [6.07, 6.45) is 7.38. The van der Waals surface area contributed by atoms with E-state index in [4.69, 9.17) is 9.94 Å². The van der Waals surface area contributed by atoms with Crippen molar-refractivity contribution in [2.45, 2.75) is 63.6 Å². The summed E-state index contributed by atoms with van der Waals surface area (Å²) in [5, 5.41) is 33.2. The summed E-state index contributed by atoms with van der Waals surface area (Å²) in [7, 11) is 0. The van der Waals surface area contributed by atoms with Crippen LogP contribution >= 0.6 is 0 Å². The van der Waals surface area contributed by atoms with Gasteiger partial charge >= 0.3 is 5.97 Å². The fourth-order valence-corrected chi connectivity index (χ4v) is 4.63. The maximum absolute atomic E-state index is 10.4. The lowest BCUT2D eigenvalue weighted by atomic mass is 9.73. The summed E-state index contributed by atoms with van der Waals surface area (Å²) in [5.41, 5.74) is 0.883. The number of carboxylic acids is 1. The van der Waals surface area contributed by atoms with Crippen molar-refractivity contribution in [1.82, 2.24) is 0 Å². The fourth-order valence-electron chi connectivity index (χ4n) is 4.63. The van der Waals surface area contributed by atoms with Gasteiger partial charge in [0.2, 0.25) is 6.61 Å². The molecule has 3 aliphatic carbocycles. The Kier molecular flexibility index (Phi) is 5.21. The van der Waals surface area contributed by atoms with Gasteiger partial charge in [0.25, 0.3) is 0 Å². The highest BCUT2D eigenvalue weighted by molar-refractivity contribution is 5.93. The minimum Gasteiger partial charge on any atom is -0.479 e. The van der Waals surface area contributed by atoms with Crippen LogP contribution in [-0.2, 0) is 9.63 Å². The van der Waals surface area contributed by atoms with Gasteiger partial charge in [-0.2, -0.15) is 0 Å². The molecule has 130 valence electrons. The second-order valence-corrected chi connectivity index (χ2v) is 7.40. The molecule has 6 nitrogen and oxygen atoms in total. The molecule has 5 atom stereocenters. The van der Waals surface area contributed by atoms with Gasteiger partial charge in [0.05, 0.1) is 17.9 Å². The Bertz CT molecular complexity index is 460. The van der Waals surface area contributed by atoms with E-state index in [2.05, 4.69) is 5.16 Å². The first-order chi connectivity index (χ1) is 11.1. The zero-order chi connectivity index (χ0) is 16.4. The van der Waals surface area contributed by atoms with E-state index in [1.54, 1.807) is 0 Å². The molecular weight excluding hydrogens is 298 g/mol. The molecule has 0 spiro atoms. The third-order valence-electron chi connectivity index (χ3n) is 6.02. The summed E-state index contributed by atoms with van der Waals surface area (Å²) in [6, 6.07) is 0. The Morgan fingerprint density at radius 2 is 2.09 bits per heavy atom. The summed E-state index contributed by atoms with van der Waals surface area (Å²) in [4.78, 5) is 15.2. The van der Waals surface area contributed by atoms with Crippen LogP contribution in [0.25, 0.3) is 0 Å². The molecule has 0 aliphatic heterocycles. The Morgan fingerprint density at radius 3 is 2.78 bits per heavy atom. The van der Waals surface area contributed by atoms with Crippen LogP contribution < -0.4 is 0 Å². The first kappa shape index (κ1) is 16.7. The van der Waals surface area contributed by atoms with Gasteiger partial charge in [-0.25, -0.2) is 4.79 Å². The maximum atomic E-state index is 10.4. The molecule has 0 aromatic rings. The SMILES string of the molecule is O=C(O)CO/N=C1/CC2C1CC(CCC(O)C1CCCC1)C2O. The molecule has 0 heterocycles. The molecule has 3 N–H and O–H groups in total. The normalized spacial score (nSPS) is 36.7. The van der Waals surface area contributed by atoms with Crippen molar-refractivity contribution in [3.8, 4) is 0 Å². The number of oxime groups is 1. The van der Waals surface area contributed by atoms with E-state index in [0.29, 0.717) is 12.3 Å². The molecule has 0 amide bonds. The molecule has 23 heavy (non-hydrogen) atoms. The van der Waals surface area contributed by atoms with E-state index in [1.165, 1.54) is 12.8 Å². The van der Waals surface area contributed by atoms with E-state index >= 15 is 0 Å². The van der Waals surface area contributed by atoms with Gasteiger partial charge in [0.1, 0.15) is 0 Å². The Balaban J connectivity index is 1.45. The van der Waals surface area contributed by atoms with Crippen LogP contribution in [-0.4, -0.2) is 45.8 Å². The van der Waals surface area contributed by atoms with Crippen LogP contribution in [0.5, 0.6) is 0 Å². The molecule has 3 fully saturated rings. The van der Waals surface area contributed by atoms with Crippen molar-refractivity contribution in [1.29, 1.82) is 0 Å². The van der Waals surface area contributed by atoms with Crippen LogP contribution in [0.15, 0.2) is 5.16 Å². The topological polar surface area (TPSA) is 99.4 Å². The molecule has 0 saturated heterocycles. The second kappa shape index (κ2) is 7.18. The third kappa shape index (κ3) is 3.69. The highest BCUT2D eigenvalue weighted by atomic mass is 16.6. The molecule has 0 radical (unpaired) electrons. The maximum Gasteiger partial charge on any atom is 0.344 e. The molecule has 0 bridgehead atoms. The van der Waals surface area contributed by atoms with Crippen molar-refractivity contribution in [2.24, 2.45) is 28.8 Å². The third-order valence-corrected chi connectivity index (χ3v) is 6.02. The lowest BCUT2D eigenvalue weighted by Gasteiger charge is -2.33. The largest absolute Gasteiger partial charge is 0.479 e. The molecule has 3 saturated carbocycles. The lowest BCUT2D eigenvalue weighted by molar-refractivity contribution is -0.142. The minimum atomic E-state index is -1.03. The van der Waals surface area contributed by atoms with Gasteiger partial charge in [-0.1, -0.05) is 18.0 Å². The summed E-state index contributed by atoms with van der Waals surface area (Å²) >= 11 is 0. The van der Waals surface area contributed by atoms with Crippen LogP contribution in [0.3, 0.4) is 0 Å². The molecule has 3 aliphatic rings. The van der Waals surface area contributed by atoms with Crippen LogP contribution in [0.2, 0.25) is 0 Å². The number of carboxylic acid groups (broad SMARTS) is 1. The number of carbonyl (C=O) groups is 1. The van der Waals surface area contributed by atoms with Crippen LogP contribution in [0.4, 0.5) is 0 Å². The summed E-state index contributed by atoms with van der Waals surface area (Å²) in [5.74, 6) is 0.0960. The van der Waals surface area contributed by atoms with Gasteiger partial charge in [0, 0.05) is 5.92 Å². The monoisotopic (exact) mass is 325 g/mol. The van der Waals surface area contributed by atoms with Crippen molar-refractivity contribution in [3.05, 3.63) is 0 Å². The van der Waals surface area contributed by atoms with E-state index in [-0.39, 0.29) is 30.0 Å². The Labute approximate surface area is 136 Å². The number of hydrogen-bond donors (Lipinski definition) is 3. The number of aliphatic hydroxyl groups is 2. The van der Waals surface area contributed by atoms with Gasteiger partial charge in [0.15, 0.2) is 0 Å². The summed E-state index contributed by atoms with van der Waals surface area (Å²) in [6.45, 7) is -0.416. The average molecular weight is 325 g/mol. The molecule has 3 rings (SSSR count). The van der Waals surface area contributed by atoms with Crippen molar-refractivity contribution >= 4 is 11.7 Å². The molecule has 6 heteroatoms.